The van der Waals surface area contributed by atoms with Gasteiger partial charge in [-0.2, -0.15) is 0 Å². The molecule has 4 nitrogen and oxygen atoms in total. The molecule has 7 heavy (non-hydrogen) atoms. The Labute approximate surface area is 122 Å². The monoisotopic (exact) mass is 288 g/mol. The fraction of sp³-hybridized carbons (Fsp3) is 0. The molecule has 0 aromatic heterocycles. The van der Waals surface area contributed by atoms with Crippen LogP contribution in [0, 0.1) is 0 Å². The van der Waals surface area contributed by atoms with Gasteiger partial charge in [-0.05, 0) is 0 Å². The molecular formula is O4Sr2Ti. The van der Waals surface area contributed by atoms with Crippen molar-refractivity contribution < 1.29 is 34.8 Å². The second-order valence-corrected chi connectivity index (χ2v) is 1.03. The zero-order valence-electron chi connectivity index (χ0n) is 3.55. The second-order valence-electron chi connectivity index (χ2n) is 0.250. The van der Waals surface area contributed by atoms with Crippen LogP contribution >= 0.6 is 0 Å². The Morgan fingerprint density at radius 2 is 1.14 bits per heavy atom. The van der Waals surface area contributed by atoms with Crippen molar-refractivity contribution in [2.75, 3.05) is 0 Å². The molecule has 0 atom stereocenters. The number of rotatable bonds is 0. The van der Waals surface area contributed by atoms with Crippen LogP contribution in [0.4, 0.5) is 0 Å². The Hall–Kier alpha value is 3.36. The van der Waals surface area contributed by atoms with E-state index in [0.29, 0.717) is 0 Å². The van der Waals surface area contributed by atoms with Gasteiger partial charge in [0.15, 0.2) is 0 Å². The molecule has 32 valence electrons. The molecule has 0 aliphatic carbocycles. The van der Waals surface area contributed by atoms with Gasteiger partial charge in [0.2, 0.25) is 0 Å². The molecule has 0 unspecified atom stereocenters. The summed E-state index contributed by atoms with van der Waals surface area (Å²) in [6.07, 6.45) is 0. The van der Waals surface area contributed by atoms with Gasteiger partial charge in [0.25, 0.3) is 0 Å². The van der Waals surface area contributed by atoms with Gasteiger partial charge >= 0.3 is 120 Å². The first-order valence-electron chi connectivity index (χ1n) is 0.612. The van der Waals surface area contributed by atoms with Crippen LogP contribution in [0.1, 0.15) is 0 Å². The molecule has 0 aliphatic heterocycles. The number of hydrogen-bond acceptors (Lipinski definition) is 3. The summed E-state index contributed by atoms with van der Waals surface area (Å²) in [5.41, 5.74) is 0. The molecule has 0 bridgehead atoms. The minimum atomic E-state index is -4.08. The fourth-order valence-electron chi connectivity index (χ4n) is 0. The third-order valence-corrected chi connectivity index (χ3v) is 0. The predicted molar refractivity (Wildman–Crippen MR) is 12.9 cm³/mol. The first-order chi connectivity index (χ1) is 1.73. The van der Waals surface area contributed by atoms with Crippen LogP contribution < -0.4 is 7.38 Å². The summed E-state index contributed by atoms with van der Waals surface area (Å²) in [5, 5.41) is 0. The van der Waals surface area contributed by atoms with Gasteiger partial charge in [0, 0.05) is 0 Å². The zero-order valence-corrected chi connectivity index (χ0v) is 12.1. The van der Waals surface area contributed by atoms with Crippen molar-refractivity contribution in [3.63, 3.8) is 0 Å². The first kappa shape index (κ1) is 22.4. The minimum absolute atomic E-state index is 0. The SMILES string of the molecule is [O-2].[O]=[Ti]([O-])[O-].[Sr+2].[Sr+2]. The molecule has 0 radical (unpaired) electrons. The van der Waals surface area contributed by atoms with Crippen LogP contribution in [0.15, 0.2) is 0 Å². The summed E-state index contributed by atoms with van der Waals surface area (Å²) in [6, 6.07) is 0. The topological polar surface area (TPSA) is 91.7 Å². The van der Waals surface area contributed by atoms with Gasteiger partial charge in [0.05, 0.1) is 0 Å². The predicted octanol–water partition coefficient (Wildman–Crippen LogP) is -3.38. The van der Waals surface area contributed by atoms with E-state index in [2.05, 4.69) is 0 Å². The van der Waals surface area contributed by atoms with E-state index in [0.717, 1.165) is 0 Å². The maximum absolute atomic E-state index is 8.58. The van der Waals surface area contributed by atoms with Gasteiger partial charge in [0.1, 0.15) is 0 Å². The van der Waals surface area contributed by atoms with E-state index in [4.69, 9.17) is 10.7 Å². The van der Waals surface area contributed by atoms with Crippen LogP contribution in [-0.2, 0) is 27.4 Å². The van der Waals surface area contributed by atoms with Crippen molar-refractivity contribution in [2.45, 2.75) is 0 Å². The normalized spacial score (nSPS) is 3.71. The van der Waals surface area contributed by atoms with Gasteiger partial charge in [-0.1, -0.05) is 0 Å². The Morgan fingerprint density at radius 1 is 1.14 bits per heavy atom. The van der Waals surface area contributed by atoms with E-state index in [-0.39, 0.29) is 96.4 Å². The standard InChI is InChI=1S/4O.2Sr.Ti/q;-2;2*-1;2*+2;. The fourth-order valence-corrected chi connectivity index (χ4v) is 0. The maximum atomic E-state index is 8.58. The van der Waals surface area contributed by atoms with Crippen LogP contribution in [0.3, 0.4) is 0 Å². The maximum Gasteiger partial charge on any atom is 2.00 e. The van der Waals surface area contributed by atoms with Crippen LogP contribution in [-0.4, -0.2) is 91.0 Å². The third kappa shape index (κ3) is 45.0. The quantitative estimate of drug-likeness (QED) is 0.435. The summed E-state index contributed by atoms with van der Waals surface area (Å²) in [7, 11) is 0. The van der Waals surface area contributed by atoms with Crippen molar-refractivity contribution in [1.82, 2.24) is 0 Å². The molecule has 0 N–H and O–H groups in total. The largest absolute Gasteiger partial charge is 2.00 e. The van der Waals surface area contributed by atoms with Crippen LogP contribution in [0.2, 0.25) is 0 Å². The van der Waals surface area contributed by atoms with E-state index >= 15 is 0 Å². The number of hydrogen-bond donors (Lipinski definition) is 0. The molecule has 0 heterocycles. The molecule has 0 aromatic carbocycles. The molecule has 0 spiro atoms. The van der Waals surface area contributed by atoms with E-state index < -0.39 is 18.6 Å². The Balaban J connectivity index is -0.0000000150. The van der Waals surface area contributed by atoms with Gasteiger partial charge < -0.3 is 5.48 Å². The van der Waals surface area contributed by atoms with Crippen molar-refractivity contribution in [1.29, 1.82) is 0 Å². The Kier molecular flexibility index (Phi) is 51.8. The summed E-state index contributed by atoms with van der Waals surface area (Å²) >= 11 is -4.08. The van der Waals surface area contributed by atoms with Crippen molar-refractivity contribution in [3.05, 3.63) is 0 Å². The van der Waals surface area contributed by atoms with Crippen molar-refractivity contribution in [3.8, 4) is 0 Å². The molecule has 7 heteroatoms. The average Bonchev–Trinajstić information content (AvgIpc) is 0.811. The van der Waals surface area contributed by atoms with Crippen LogP contribution in [0.25, 0.3) is 0 Å². The molecular weight excluding hydrogens is 287 g/mol. The third-order valence-electron chi connectivity index (χ3n) is 0. The minimum Gasteiger partial charge on any atom is 2.00 e. The smallest absolute Gasteiger partial charge is 2.00 e. The summed E-state index contributed by atoms with van der Waals surface area (Å²) in [6.45, 7) is 0. The average molecular weight is 287 g/mol. The summed E-state index contributed by atoms with van der Waals surface area (Å²) in [5.74, 6) is 0. The molecule has 0 saturated heterocycles. The van der Waals surface area contributed by atoms with Gasteiger partial charge in [-0.3, -0.25) is 0 Å². The van der Waals surface area contributed by atoms with E-state index in [9.17, 15) is 0 Å². The van der Waals surface area contributed by atoms with E-state index in [1.54, 1.807) is 0 Å². The molecule has 0 rings (SSSR count). The van der Waals surface area contributed by atoms with Gasteiger partial charge in [-0.15, -0.1) is 0 Å². The van der Waals surface area contributed by atoms with E-state index in [1.165, 1.54) is 0 Å². The zero-order chi connectivity index (χ0) is 3.58. The van der Waals surface area contributed by atoms with Crippen molar-refractivity contribution in [2.24, 2.45) is 0 Å². The van der Waals surface area contributed by atoms with Gasteiger partial charge in [-0.25, -0.2) is 0 Å². The first-order valence-corrected chi connectivity index (χ1v) is 2.52. The molecule has 0 amide bonds. The van der Waals surface area contributed by atoms with E-state index in [1.807, 2.05) is 0 Å². The summed E-state index contributed by atoms with van der Waals surface area (Å²) in [4.78, 5) is 0. The molecule has 0 aliphatic rings. The molecule has 0 saturated carbocycles. The Morgan fingerprint density at radius 3 is 1.14 bits per heavy atom. The molecule has 0 fully saturated rings. The second kappa shape index (κ2) is 16.2. The molecule has 0 aromatic rings. The van der Waals surface area contributed by atoms with Crippen molar-refractivity contribution >= 4 is 91.0 Å². The van der Waals surface area contributed by atoms with Crippen LogP contribution in [0.5, 0.6) is 0 Å². The summed E-state index contributed by atoms with van der Waals surface area (Å²) < 4.78 is 25.8. The Bertz CT molecular complexity index is 32.7.